The van der Waals surface area contributed by atoms with Crippen LogP contribution in [0, 0.1) is 5.82 Å². The molecule has 0 saturated carbocycles. The molecule has 0 fully saturated rings. The van der Waals surface area contributed by atoms with Crippen LogP contribution in [0.3, 0.4) is 0 Å². The normalized spacial score (nSPS) is 10.2. The lowest BCUT2D eigenvalue weighted by atomic mass is 10.2. The van der Waals surface area contributed by atoms with Gasteiger partial charge in [-0.3, -0.25) is 4.79 Å². The Labute approximate surface area is 114 Å². The van der Waals surface area contributed by atoms with Gasteiger partial charge in [-0.25, -0.2) is 4.39 Å². The first kappa shape index (κ1) is 14.8. The fourth-order valence-corrected chi connectivity index (χ4v) is 1.77. The largest absolute Gasteiger partial charge is 0.466 e. The molecular formula is C12H16BrFN2O2. The smallest absolute Gasteiger partial charge is 0.305 e. The Hall–Kier alpha value is -1.30. The Morgan fingerprint density at radius 2 is 2.28 bits per heavy atom. The summed E-state index contributed by atoms with van der Waals surface area (Å²) in [5.74, 6) is -0.605. The molecule has 4 nitrogen and oxygen atoms in total. The van der Waals surface area contributed by atoms with E-state index in [1.807, 2.05) is 0 Å². The average Bonchev–Trinajstić information content (AvgIpc) is 2.31. The first-order valence-corrected chi connectivity index (χ1v) is 6.48. The van der Waals surface area contributed by atoms with Gasteiger partial charge in [0.1, 0.15) is 5.82 Å². The SMILES string of the molecule is CCOC(=O)CCCNc1cc(F)c(Br)cc1N. The number of carbonyl (C=O) groups is 1. The number of anilines is 2. The van der Waals surface area contributed by atoms with Gasteiger partial charge in [-0.05, 0) is 35.3 Å². The molecule has 0 aliphatic carbocycles. The Kier molecular flexibility index (Phi) is 5.91. The zero-order chi connectivity index (χ0) is 13.5. The maximum absolute atomic E-state index is 13.3. The summed E-state index contributed by atoms with van der Waals surface area (Å²) in [6.07, 6.45) is 0.940. The molecule has 0 unspecified atom stereocenters. The molecular weight excluding hydrogens is 303 g/mol. The Balaban J connectivity index is 2.40. The third-order valence-corrected chi connectivity index (χ3v) is 2.88. The highest BCUT2D eigenvalue weighted by Crippen LogP contribution is 2.26. The number of rotatable bonds is 6. The van der Waals surface area contributed by atoms with Crippen molar-refractivity contribution in [3.8, 4) is 0 Å². The predicted octanol–water partition coefficient (Wildman–Crippen LogP) is 2.93. The van der Waals surface area contributed by atoms with E-state index in [2.05, 4.69) is 21.2 Å². The lowest BCUT2D eigenvalue weighted by molar-refractivity contribution is -0.143. The Morgan fingerprint density at radius 1 is 1.56 bits per heavy atom. The Morgan fingerprint density at radius 3 is 2.94 bits per heavy atom. The van der Waals surface area contributed by atoms with E-state index in [9.17, 15) is 9.18 Å². The molecule has 0 spiro atoms. The fraction of sp³-hybridized carbons (Fsp3) is 0.417. The van der Waals surface area contributed by atoms with Gasteiger partial charge in [-0.15, -0.1) is 0 Å². The molecule has 1 aromatic carbocycles. The number of benzene rings is 1. The Bertz CT molecular complexity index is 427. The lowest BCUT2D eigenvalue weighted by Gasteiger charge is -2.10. The number of ether oxygens (including phenoxy) is 1. The van der Waals surface area contributed by atoms with Gasteiger partial charge in [0.2, 0.25) is 0 Å². The summed E-state index contributed by atoms with van der Waals surface area (Å²) in [7, 11) is 0. The molecule has 0 radical (unpaired) electrons. The van der Waals surface area contributed by atoms with Crippen molar-refractivity contribution < 1.29 is 13.9 Å². The molecule has 0 bridgehead atoms. The van der Waals surface area contributed by atoms with Crippen molar-refractivity contribution in [1.29, 1.82) is 0 Å². The number of nitrogen functional groups attached to an aromatic ring is 1. The van der Waals surface area contributed by atoms with Gasteiger partial charge in [0, 0.05) is 19.0 Å². The number of esters is 1. The number of halogens is 2. The van der Waals surface area contributed by atoms with Crippen LogP contribution in [0.15, 0.2) is 16.6 Å². The molecule has 0 heterocycles. The van der Waals surface area contributed by atoms with Crippen molar-refractivity contribution in [3.05, 3.63) is 22.4 Å². The highest BCUT2D eigenvalue weighted by atomic mass is 79.9. The van der Waals surface area contributed by atoms with E-state index in [0.717, 1.165) is 0 Å². The lowest BCUT2D eigenvalue weighted by Crippen LogP contribution is -2.09. The first-order chi connectivity index (χ1) is 8.54. The van der Waals surface area contributed by atoms with Crippen molar-refractivity contribution in [1.82, 2.24) is 0 Å². The van der Waals surface area contributed by atoms with Crippen molar-refractivity contribution in [3.63, 3.8) is 0 Å². The van der Waals surface area contributed by atoms with Crippen LogP contribution in [0.25, 0.3) is 0 Å². The van der Waals surface area contributed by atoms with Crippen LogP contribution in [0.2, 0.25) is 0 Å². The van der Waals surface area contributed by atoms with E-state index in [1.54, 1.807) is 6.92 Å². The van der Waals surface area contributed by atoms with E-state index < -0.39 is 0 Å². The minimum atomic E-state index is -0.378. The molecule has 18 heavy (non-hydrogen) atoms. The van der Waals surface area contributed by atoms with Crippen LogP contribution in [0.1, 0.15) is 19.8 Å². The van der Waals surface area contributed by atoms with Crippen LogP contribution in [0.4, 0.5) is 15.8 Å². The summed E-state index contributed by atoms with van der Waals surface area (Å²) in [5.41, 5.74) is 6.71. The molecule has 100 valence electrons. The quantitative estimate of drug-likeness (QED) is 0.481. The van der Waals surface area contributed by atoms with E-state index >= 15 is 0 Å². The summed E-state index contributed by atoms with van der Waals surface area (Å²) < 4.78 is 18.4. The van der Waals surface area contributed by atoms with Gasteiger partial charge < -0.3 is 15.8 Å². The minimum absolute atomic E-state index is 0.228. The number of hydrogen-bond donors (Lipinski definition) is 2. The summed E-state index contributed by atoms with van der Waals surface area (Å²) in [6.45, 7) is 2.68. The molecule has 1 aromatic rings. The molecule has 6 heteroatoms. The van der Waals surface area contributed by atoms with Crippen molar-refractivity contribution >= 4 is 33.3 Å². The van der Waals surface area contributed by atoms with Crippen LogP contribution < -0.4 is 11.1 Å². The summed E-state index contributed by atoms with van der Waals surface area (Å²) >= 11 is 3.05. The van der Waals surface area contributed by atoms with Gasteiger partial charge in [-0.2, -0.15) is 0 Å². The summed E-state index contributed by atoms with van der Waals surface area (Å²) in [6, 6.07) is 2.83. The molecule has 0 atom stereocenters. The van der Waals surface area contributed by atoms with Crippen molar-refractivity contribution in [2.24, 2.45) is 0 Å². The summed E-state index contributed by atoms with van der Waals surface area (Å²) in [5, 5.41) is 2.98. The molecule has 0 aliphatic heterocycles. The third-order valence-electron chi connectivity index (χ3n) is 2.27. The number of nitrogens with two attached hydrogens (primary N) is 1. The molecule has 0 aromatic heterocycles. The monoisotopic (exact) mass is 318 g/mol. The van der Waals surface area contributed by atoms with Gasteiger partial charge in [0.15, 0.2) is 0 Å². The standard InChI is InChI=1S/C12H16BrFN2O2/c1-2-18-12(17)4-3-5-16-11-7-9(14)8(13)6-10(11)15/h6-7,16H,2-5,15H2,1H3. The van der Waals surface area contributed by atoms with Crippen molar-refractivity contribution in [2.75, 3.05) is 24.2 Å². The number of hydrogen-bond acceptors (Lipinski definition) is 4. The molecule has 0 aliphatic rings. The zero-order valence-electron chi connectivity index (χ0n) is 10.1. The van der Waals surface area contributed by atoms with E-state index in [1.165, 1.54) is 12.1 Å². The van der Waals surface area contributed by atoms with Crippen LogP contribution in [-0.2, 0) is 9.53 Å². The number of carbonyl (C=O) groups excluding carboxylic acids is 1. The van der Waals surface area contributed by atoms with Gasteiger partial charge in [-0.1, -0.05) is 0 Å². The highest BCUT2D eigenvalue weighted by Gasteiger charge is 2.06. The van der Waals surface area contributed by atoms with Crippen LogP contribution in [0.5, 0.6) is 0 Å². The number of nitrogens with one attached hydrogen (secondary N) is 1. The van der Waals surface area contributed by atoms with Gasteiger partial charge in [0.05, 0.1) is 22.5 Å². The van der Waals surface area contributed by atoms with E-state index in [4.69, 9.17) is 10.5 Å². The second-order valence-corrected chi connectivity index (χ2v) is 4.54. The maximum atomic E-state index is 13.3. The fourth-order valence-electron chi connectivity index (χ4n) is 1.40. The van der Waals surface area contributed by atoms with E-state index in [-0.39, 0.29) is 11.8 Å². The van der Waals surface area contributed by atoms with E-state index in [0.29, 0.717) is 41.8 Å². The minimum Gasteiger partial charge on any atom is -0.466 e. The second-order valence-electron chi connectivity index (χ2n) is 3.69. The third kappa shape index (κ3) is 4.52. The average molecular weight is 319 g/mol. The van der Waals surface area contributed by atoms with Crippen LogP contribution in [-0.4, -0.2) is 19.1 Å². The zero-order valence-corrected chi connectivity index (χ0v) is 11.7. The molecule has 3 N–H and O–H groups in total. The topological polar surface area (TPSA) is 64.3 Å². The summed E-state index contributed by atoms with van der Waals surface area (Å²) in [4.78, 5) is 11.1. The second kappa shape index (κ2) is 7.20. The first-order valence-electron chi connectivity index (χ1n) is 5.68. The molecule has 0 saturated heterocycles. The molecule has 1 rings (SSSR count). The predicted molar refractivity (Wildman–Crippen MR) is 72.9 cm³/mol. The van der Waals surface area contributed by atoms with Gasteiger partial charge in [0.25, 0.3) is 0 Å². The molecule has 0 amide bonds. The highest BCUT2D eigenvalue weighted by molar-refractivity contribution is 9.10. The maximum Gasteiger partial charge on any atom is 0.305 e. The van der Waals surface area contributed by atoms with Crippen molar-refractivity contribution in [2.45, 2.75) is 19.8 Å². The van der Waals surface area contributed by atoms with Crippen LogP contribution >= 0.6 is 15.9 Å². The van der Waals surface area contributed by atoms with Gasteiger partial charge >= 0.3 is 5.97 Å².